The zero-order chi connectivity index (χ0) is 11.9. The van der Waals surface area contributed by atoms with Gasteiger partial charge in [0.25, 0.3) is 0 Å². The van der Waals surface area contributed by atoms with Gasteiger partial charge in [-0.1, -0.05) is 18.2 Å². The largest absolute Gasteiger partial charge is 0.385 e. The molecule has 2 heterocycles. The van der Waals surface area contributed by atoms with Gasteiger partial charge in [0.05, 0.1) is 12.1 Å². The molecule has 2 aliphatic rings. The number of aryl methyl sites for hydroxylation is 1. The van der Waals surface area contributed by atoms with Crippen LogP contribution < -0.4 is 5.32 Å². The highest BCUT2D eigenvalue weighted by Crippen LogP contribution is 2.36. The van der Waals surface area contributed by atoms with Crippen LogP contribution in [0, 0.1) is 0 Å². The highest BCUT2D eigenvalue weighted by Gasteiger charge is 2.46. The minimum absolute atomic E-state index is 0.0785. The Hall–Kier alpha value is -1.06. The Labute approximate surface area is 102 Å². The van der Waals surface area contributed by atoms with Crippen molar-refractivity contribution in [2.75, 3.05) is 11.9 Å². The Morgan fingerprint density at radius 1 is 1.41 bits per heavy atom. The molecule has 0 saturated carbocycles. The second-order valence-corrected chi connectivity index (χ2v) is 5.15. The van der Waals surface area contributed by atoms with Crippen LogP contribution in [0.15, 0.2) is 24.3 Å². The third-order valence-electron chi connectivity index (χ3n) is 4.23. The van der Waals surface area contributed by atoms with Crippen molar-refractivity contribution in [3.8, 4) is 0 Å². The van der Waals surface area contributed by atoms with Crippen LogP contribution in [0.4, 0.5) is 5.69 Å². The lowest BCUT2D eigenvalue weighted by Crippen LogP contribution is -2.53. The van der Waals surface area contributed by atoms with Gasteiger partial charge in [-0.15, -0.1) is 0 Å². The van der Waals surface area contributed by atoms with Crippen molar-refractivity contribution < 1.29 is 9.84 Å². The van der Waals surface area contributed by atoms with Crippen molar-refractivity contribution in [1.82, 2.24) is 0 Å². The molecule has 0 bridgehead atoms. The number of ether oxygens (including phenoxy) is 1. The molecule has 3 unspecified atom stereocenters. The topological polar surface area (TPSA) is 41.5 Å². The smallest absolute Gasteiger partial charge is 0.113 e. The summed E-state index contributed by atoms with van der Waals surface area (Å²) in [6.07, 6.45) is 2.66. The van der Waals surface area contributed by atoms with E-state index in [4.69, 9.17) is 4.74 Å². The van der Waals surface area contributed by atoms with Gasteiger partial charge in [-0.3, -0.25) is 0 Å². The number of hydrogen-bond donors (Lipinski definition) is 2. The first-order chi connectivity index (χ1) is 8.20. The van der Waals surface area contributed by atoms with Crippen LogP contribution >= 0.6 is 0 Å². The van der Waals surface area contributed by atoms with Gasteiger partial charge in [0.2, 0.25) is 0 Å². The maximum Gasteiger partial charge on any atom is 0.113 e. The molecular formula is C14H19NO2. The van der Waals surface area contributed by atoms with Crippen LogP contribution in [0.2, 0.25) is 0 Å². The summed E-state index contributed by atoms with van der Waals surface area (Å²) in [5.41, 5.74) is 1.79. The van der Waals surface area contributed by atoms with E-state index in [0.29, 0.717) is 6.61 Å². The second-order valence-electron chi connectivity index (χ2n) is 5.15. The summed E-state index contributed by atoms with van der Waals surface area (Å²) >= 11 is 0. The van der Waals surface area contributed by atoms with Gasteiger partial charge in [0, 0.05) is 18.7 Å². The van der Waals surface area contributed by atoms with Gasteiger partial charge in [-0.2, -0.15) is 0 Å². The summed E-state index contributed by atoms with van der Waals surface area (Å²) in [6, 6.07) is 8.45. The van der Waals surface area contributed by atoms with Gasteiger partial charge in [-0.05, 0) is 31.4 Å². The quantitative estimate of drug-likeness (QED) is 0.779. The molecule has 2 N–H and O–H groups in total. The molecule has 3 atom stereocenters. The van der Waals surface area contributed by atoms with Crippen LogP contribution in [0.3, 0.4) is 0 Å². The predicted octanol–water partition coefficient (Wildman–Crippen LogP) is 1.95. The fraction of sp³-hybridized carbons (Fsp3) is 0.571. The van der Waals surface area contributed by atoms with Gasteiger partial charge < -0.3 is 15.2 Å². The molecule has 1 aromatic carbocycles. The van der Waals surface area contributed by atoms with Crippen LogP contribution in [0.1, 0.15) is 25.3 Å². The Morgan fingerprint density at radius 2 is 2.24 bits per heavy atom. The lowest BCUT2D eigenvalue weighted by atomic mass is 9.82. The minimum Gasteiger partial charge on any atom is -0.385 e. The molecule has 1 saturated heterocycles. The summed E-state index contributed by atoms with van der Waals surface area (Å²) in [5, 5.41) is 14.2. The third kappa shape index (κ3) is 1.74. The Morgan fingerprint density at radius 3 is 3.00 bits per heavy atom. The second kappa shape index (κ2) is 4.00. The van der Waals surface area contributed by atoms with Crippen molar-refractivity contribution in [3.05, 3.63) is 29.8 Å². The number of hydrogen-bond acceptors (Lipinski definition) is 3. The molecule has 3 nitrogen and oxygen atoms in total. The first-order valence-corrected chi connectivity index (χ1v) is 6.38. The van der Waals surface area contributed by atoms with E-state index in [0.717, 1.165) is 24.9 Å². The molecule has 0 aromatic heterocycles. The Bertz CT molecular complexity index is 420. The van der Waals surface area contributed by atoms with Crippen molar-refractivity contribution in [3.63, 3.8) is 0 Å². The predicted molar refractivity (Wildman–Crippen MR) is 67.2 cm³/mol. The summed E-state index contributed by atoms with van der Waals surface area (Å²) in [5.74, 6) is 0. The minimum atomic E-state index is -0.715. The number of anilines is 1. The van der Waals surface area contributed by atoms with E-state index in [1.54, 1.807) is 0 Å². The number of fused-ring (bicyclic) bond motifs is 1. The van der Waals surface area contributed by atoms with Crippen molar-refractivity contribution in [2.24, 2.45) is 0 Å². The molecule has 0 aliphatic carbocycles. The van der Waals surface area contributed by atoms with Crippen LogP contribution in [0.25, 0.3) is 0 Å². The van der Waals surface area contributed by atoms with Gasteiger partial charge in [-0.25, -0.2) is 0 Å². The summed E-state index contributed by atoms with van der Waals surface area (Å²) in [6.45, 7) is 2.63. The average molecular weight is 233 g/mol. The van der Waals surface area contributed by atoms with Gasteiger partial charge in [0.1, 0.15) is 5.60 Å². The van der Waals surface area contributed by atoms with E-state index in [-0.39, 0.29) is 12.1 Å². The molecule has 2 aliphatic heterocycles. The van der Waals surface area contributed by atoms with Crippen LogP contribution in [-0.4, -0.2) is 29.5 Å². The van der Waals surface area contributed by atoms with Crippen molar-refractivity contribution >= 4 is 5.69 Å². The lowest BCUT2D eigenvalue weighted by molar-refractivity contribution is -0.0424. The highest BCUT2D eigenvalue weighted by atomic mass is 16.5. The highest BCUT2D eigenvalue weighted by molar-refractivity contribution is 5.54. The number of benzene rings is 1. The zero-order valence-electron chi connectivity index (χ0n) is 10.1. The van der Waals surface area contributed by atoms with E-state index in [1.165, 1.54) is 5.56 Å². The number of aliphatic hydroxyl groups is 1. The molecular weight excluding hydrogens is 214 g/mol. The van der Waals surface area contributed by atoms with Gasteiger partial charge >= 0.3 is 0 Å². The molecule has 92 valence electrons. The monoisotopic (exact) mass is 233 g/mol. The number of para-hydroxylation sites is 1. The standard InChI is InChI=1S/C14H19NO2/c1-10-14(16,8-9-17-10)13-7-6-11-4-2-3-5-12(11)15-13/h2-5,10,13,15-16H,6-9H2,1H3. The molecule has 1 aromatic rings. The molecule has 17 heavy (non-hydrogen) atoms. The van der Waals surface area contributed by atoms with E-state index in [9.17, 15) is 5.11 Å². The molecule has 3 heteroatoms. The molecule has 0 radical (unpaired) electrons. The summed E-state index contributed by atoms with van der Waals surface area (Å²) < 4.78 is 5.52. The fourth-order valence-electron chi connectivity index (χ4n) is 3.02. The first kappa shape index (κ1) is 11.1. The molecule has 3 rings (SSSR count). The van der Waals surface area contributed by atoms with Crippen molar-refractivity contribution in [2.45, 2.75) is 43.9 Å². The fourth-order valence-corrected chi connectivity index (χ4v) is 3.02. The normalized spacial score (nSPS) is 36.4. The van der Waals surface area contributed by atoms with Crippen LogP contribution in [0.5, 0.6) is 0 Å². The Balaban J connectivity index is 1.84. The number of nitrogens with one attached hydrogen (secondary N) is 1. The van der Waals surface area contributed by atoms with Gasteiger partial charge in [0.15, 0.2) is 0 Å². The van der Waals surface area contributed by atoms with Crippen molar-refractivity contribution in [1.29, 1.82) is 0 Å². The Kier molecular flexibility index (Phi) is 2.60. The maximum atomic E-state index is 10.7. The third-order valence-corrected chi connectivity index (χ3v) is 4.23. The zero-order valence-corrected chi connectivity index (χ0v) is 10.1. The van der Waals surface area contributed by atoms with E-state index < -0.39 is 5.60 Å². The number of rotatable bonds is 1. The lowest BCUT2D eigenvalue weighted by Gasteiger charge is -2.39. The van der Waals surface area contributed by atoms with E-state index in [2.05, 4.69) is 23.5 Å². The average Bonchev–Trinajstić information content (AvgIpc) is 2.70. The maximum absolute atomic E-state index is 10.7. The molecule has 0 spiro atoms. The SMILES string of the molecule is CC1OCCC1(O)C1CCc2ccccc2N1. The first-order valence-electron chi connectivity index (χ1n) is 6.38. The summed E-state index contributed by atoms with van der Waals surface area (Å²) in [4.78, 5) is 0. The van der Waals surface area contributed by atoms with E-state index >= 15 is 0 Å². The molecule has 0 amide bonds. The van der Waals surface area contributed by atoms with E-state index in [1.807, 2.05) is 13.0 Å². The van der Waals surface area contributed by atoms with Crippen LogP contribution in [-0.2, 0) is 11.2 Å². The molecule has 1 fully saturated rings. The summed E-state index contributed by atoms with van der Waals surface area (Å²) in [7, 11) is 0.